The lowest BCUT2D eigenvalue weighted by molar-refractivity contribution is 0.629. The number of benzene rings is 3. The summed E-state index contributed by atoms with van der Waals surface area (Å²) in [6.45, 7) is 3.00. The maximum Gasteiger partial charge on any atom is 0.278 e. The summed E-state index contributed by atoms with van der Waals surface area (Å²) in [5.74, 6) is -0.340. The summed E-state index contributed by atoms with van der Waals surface area (Å²) in [7, 11) is 0. The molecule has 0 N–H and O–H groups in total. The predicted molar refractivity (Wildman–Crippen MR) is 117 cm³/mol. The number of halogens is 1. The number of rotatable bonds is 4. The summed E-state index contributed by atoms with van der Waals surface area (Å²) in [5, 5.41) is 0.655. The average molecular weight is 397 g/mol. The first-order valence-corrected chi connectivity index (χ1v) is 9.87. The molecule has 2 aromatic heterocycles. The quantitative estimate of drug-likeness (QED) is 0.433. The number of nitrogens with zero attached hydrogens (tertiary/aromatic N) is 3. The van der Waals surface area contributed by atoms with Crippen molar-refractivity contribution in [2.75, 3.05) is 0 Å². The van der Waals surface area contributed by atoms with Crippen molar-refractivity contribution in [3.8, 4) is 0 Å². The van der Waals surface area contributed by atoms with Crippen LogP contribution in [0.4, 0.5) is 4.39 Å². The molecule has 5 heteroatoms. The van der Waals surface area contributed by atoms with Crippen LogP contribution < -0.4 is 5.56 Å². The monoisotopic (exact) mass is 397 g/mol. The average Bonchev–Trinajstić information content (AvgIpc) is 3.06. The predicted octanol–water partition coefficient (Wildman–Crippen LogP) is 4.90. The van der Waals surface area contributed by atoms with Gasteiger partial charge in [-0.1, -0.05) is 54.6 Å². The van der Waals surface area contributed by atoms with Gasteiger partial charge in [0.25, 0.3) is 5.56 Å². The molecule has 2 heterocycles. The summed E-state index contributed by atoms with van der Waals surface area (Å²) in [6.07, 6.45) is 1.56. The molecule has 30 heavy (non-hydrogen) atoms. The van der Waals surface area contributed by atoms with Crippen LogP contribution in [0.5, 0.6) is 0 Å². The Bertz CT molecular complexity index is 1430. The third-order valence-electron chi connectivity index (χ3n) is 5.57. The minimum absolute atomic E-state index is 0.131. The molecule has 0 bridgehead atoms. The summed E-state index contributed by atoms with van der Waals surface area (Å²) in [5.41, 5.74) is 4.98. The lowest BCUT2D eigenvalue weighted by Crippen LogP contribution is -2.23. The van der Waals surface area contributed by atoms with E-state index >= 15 is 0 Å². The standard InChI is InChI=1S/C25H20FN3O/c1-17-7-5-6-10-19(17)15-29-22-12-11-20(26)13-21(22)23-24(29)25(30)28(16-27-23)14-18-8-3-2-4-9-18/h2-13,16H,14-15H2,1H3. The highest BCUT2D eigenvalue weighted by Crippen LogP contribution is 2.27. The summed E-state index contributed by atoms with van der Waals surface area (Å²) >= 11 is 0. The van der Waals surface area contributed by atoms with Gasteiger partial charge in [0, 0.05) is 11.9 Å². The van der Waals surface area contributed by atoms with E-state index in [1.807, 2.05) is 47.0 Å². The van der Waals surface area contributed by atoms with Gasteiger partial charge >= 0.3 is 0 Å². The Morgan fingerprint density at radius 2 is 1.70 bits per heavy atom. The van der Waals surface area contributed by atoms with Crippen LogP contribution >= 0.6 is 0 Å². The molecule has 0 fully saturated rings. The van der Waals surface area contributed by atoms with Crippen LogP contribution in [0.15, 0.2) is 83.9 Å². The Kier molecular flexibility index (Phi) is 4.43. The van der Waals surface area contributed by atoms with E-state index in [9.17, 15) is 9.18 Å². The van der Waals surface area contributed by atoms with E-state index in [0.717, 1.165) is 22.2 Å². The van der Waals surface area contributed by atoms with E-state index in [2.05, 4.69) is 24.0 Å². The van der Waals surface area contributed by atoms with Gasteiger partial charge in [-0.25, -0.2) is 9.37 Å². The lowest BCUT2D eigenvalue weighted by Gasteiger charge is -2.11. The molecule has 5 rings (SSSR count). The molecule has 3 aromatic carbocycles. The first kappa shape index (κ1) is 18.3. The molecule has 0 spiro atoms. The molecule has 0 aliphatic heterocycles. The fraction of sp³-hybridized carbons (Fsp3) is 0.120. The molecule has 0 atom stereocenters. The highest BCUT2D eigenvalue weighted by Gasteiger charge is 2.18. The molecule has 0 aliphatic carbocycles. The molecule has 148 valence electrons. The van der Waals surface area contributed by atoms with Crippen molar-refractivity contribution in [3.05, 3.63) is 112 Å². The van der Waals surface area contributed by atoms with Crippen molar-refractivity contribution in [2.45, 2.75) is 20.0 Å². The lowest BCUT2D eigenvalue weighted by atomic mass is 10.1. The Balaban J connectivity index is 1.76. The zero-order valence-corrected chi connectivity index (χ0v) is 16.5. The Labute approximate surface area is 172 Å². The van der Waals surface area contributed by atoms with Gasteiger partial charge < -0.3 is 4.57 Å². The van der Waals surface area contributed by atoms with Crippen molar-refractivity contribution < 1.29 is 4.39 Å². The number of fused-ring (bicyclic) bond motifs is 3. The van der Waals surface area contributed by atoms with Gasteiger partial charge in [-0.2, -0.15) is 0 Å². The molecular weight excluding hydrogens is 377 g/mol. The van der Waals surface area contributed by atoms with Crippen LogP contribution in [0.3, 0.4) is 0 Å². The molecule has 0 saturated carbocycles. The topological polar surface area (TPSA) is 39.8 Å². The van der Waals surface area contributed by atoms with Gasteiger partial charge in [-0.15, -0.1) is 0 Å². The molecule has 4 nitrogen and oxygen atoms in total. The van der Waals surface area contributed by atoms with Gasteiger partial charge in [0.05, 0.1) is 18.4 Å². The normalized spacial score (nSPS) is 11.4. The Morgan fingerprint density at radius 1 is 0.933 bits per heavy atom. The van der Waals surface area contributed by atoms with Gasteiger partial charge in [-0.05, 0) is 41.8 Å². The second kappa shape index (κ2) is 7.26. The molecule has 0 saturated heterocycles. The van der Waals surface area contributed by atoms with Gasteiger partial charge in [-0.3, -0.25) is 9.36 Å². The first-order valence-electron chi connectivity index (χ1n) is 9.87. The number of aryl methyl sites for hydroxylation is 1. The fourth-order valence-corrected chi connectivity index (χ4v) is 3.99. The maximum absolute atomic E-state index is 14.0. The zero-order chi connectivity index (χ0) is 20.7. The van der Waals surface area contributed by atoms with E-state index in [0.29, 0.717) is 29.5 Å². The van der Waals surface area contributed by atoms with E-state index in [4.69, 9.17) is 0 Å². The highest BCUT2D eigenvalue weighted by molar-refractivity contribution is 6.05. The van der Waals surface area contributed by atoms with Crippen LogP contribution in [0.1, 0.15) is 16.7 Å². The molecule has 0 unspecified atom stereocenters. The van der Waals surface area contributed by atoms with Crippen molar-refractivity contribution in [2.24, 2.45) is 0 Å². The summed E-state index contributed by atoms with van der Waals surface area (Å²) < 4.78 is 17.6. The minimum Gasteiger partial charge on any atom is -0.330 e. The van der Waals surface area contributed by atoms with Crippen LogP contribution in [0, 0.1) is 12.7 Å². The number of hydrogen-bond donors (Lipinski definition) is 0. The van der Waals surface area contributed by atoms with E-state index in [1.54, 1.807) is 17.0 Å². The molecule has 0 amide bonds. The van der Waals surface area contributed by atoms with Crippen LogP contribution in [0.25, 0.3) is 21.9 Å². The largest absolute Gasteiger partial charge is 0.330 e. The first-order chi connectivity index (χ1) is 14.6. The molecule has 5 aromatic rings. The van der Waals surface area contributed by atoms with E-state index in [1.165, 1.54) is 12.1 Å². The van der Waals surface area contributed by atoms with Crippen molar-refractivity contribution in [3.63, 3.8) is 0 Å². The van der Waals surface area contributed by atoms with Gasteiger partial charge in [0.2, 0.25) is 0 Å². The molecular formula is C25H20FN3O. The smallest absolute Gasteiger partial charge is 0.278 e. The molecule has 0 radical (unpaired) electrons. The van der Waals surface area contributed by atoms with Crippen LogP contribution in [0.2, 0.25) is 0 Å². The van der Waals surface area contributed by atoms with E-state index < -0.39 is 0 Å². The Morgan fingerprint density at radius 3 is 2.50 bits per heavy atom. The second-order valence-electron chi connectivity index (χ2n) is 7.53. The van der Waals surface area contributed by atoms with Crippen molar-refractivity contribution in [1.82, 2.24) is 14.1 Å². The van der Waals surface area contributed by atoms with E-state index in [-0.39, 0.29) is 11.4 Å². The Hall–Kier alpha value is -3.73. The highest BCUT2D eigenvalue weighted by atomic mass is 19.1. The third kappa shape index (κ3) is 3.08. The zero-order valence-electron chi connectivity index (χ0n) is 16.5. The summed E-state index contributed by atoms with van der Waals surface area (Å²) in [4.78, 5) is 18.1. The second-order valence-corrected chi connectivity index (χ2v) is 7.53. The van der Waals surface area contributed by atoms with Crippen LogP contribution in [-0.4, -0.2) is 14.1 Å². The minimum atomic E-state index is -0.340. The van der Waals surface area contributed by atoms with Crippen molar-refractivity contribution in [1.29, 1.82) is 0 Å². The van der Waals surface area contributed by atoms with Crippen molar-refractivity contribution >= 4 is 21.9 Å². The SMILES string of the molecule is Cc1ccccc1Cn1c2ccc(F)cc2c2ncn(Cc3ccccc3)c(=O)c21. The van der Waals surface area contributed by atoms with Gasteiger partial charge in [0.15, 0.2) is 0 Å². The fourth-order valence-electron chi connectivity index (χ4n) is 3.99. The third-order valence-corrected chi connectivity index (χ3v) is 5.57. The molecule has 0 aliphatic rings. The summed E-state index contributed by atoms with van der Waals surface area (Å²) in [6, 6.07) is 22.5. The maximum atomic E-state index is 14.0. The number of aromatic nitrogens is 3. The number of hydrogen-bond acceptors (Lipinski definition) is 2. The van der Waals surface area contributed by atoms with Crippen LogP contribution in [-0.2, 0) is 13.1 Å². The van der Waals surface area contributed by atoms with Gasteiger partial charge in [0.1, 0.15) is 16.9 Å².